The van der Waals surface area contributed by atoms with E-state index in [1.54, 1.807) is 0 Å². The van der Waals surface area contributed by atoms with Crippen LogP contribution in [-0.2, 0) is 27.3 Å². The van der Waals surface area contributed by atoms with Gasteiger partial charge in [0, 0.05) is 11.5 Å². The van der Waals surface area contributed by atoms with E-state index >= 15 is 0 Å². The van der Waals surface area contributed by atoms with Crippen molar-refractivity contribution in [2.24, 2.45) is 0 Å². The first kappa shape index (κ1) is 15.2. The quantitative estimate of drug-likeness (QED) is 0.887. The summed E-state index contributed by atoms with van der Waals surface area (Å²) in [6.07, 6.45) is 1.20. The normalized spacial score (nSPS) is 17.7. The minimum absolute atomic E-state index is 0.0626. The molecule has 3 rings (SSSR count). The summed E-state index contributed by atoms with van der Waals surface area (Å²) < 4.78 is 11.1. The van der Waals surface area contributed by atoms with E-state index in [-0.39, 0.29) is 12.5 Å². The van der Waals surface area contributed by atoms with E-state index in [2.05, 4.69) is 6.07 Å². The van der Waals surface area contributed by atoms with Crippen molar-refractivity contribution >= 4 is 17.3 Å². The maximum Gasteiger partial charge on any atom is 0.308 e. The Balaban J connectivity index is 1.73. The molecule has 1 aliphatic heterocycles. The van der Waals surface area contributed by atoms with Crippen LogP contribution in [0, 0.1) is 0 Å². The van der Waals surface area contributed by atoms with E-state index < -0.39 is 5.97 Å². The summed E-state index contributed by atoms with van der Waals surface area (Å²) in [5.41, 5.74) is 3.14. The van der Waals surface area contributed by atoms with Gasteiger partial charge in [0.2, 0.25) is 0 Å². The Morgan fingerprint density at radius 3 is 3.09 bits per heavy atom. The number of benzene rings is 1. The molecule has 1 N–H and O–H groups in total. The Morgan fingerprint density at radius 2 is 2.32 bits per heavy atom. The minimum Gasteiger partial charge on any atom is -0.481 e. The van der Waals surface area contributed by atoms with Crippen LogP contribution in [-0.4, -0.2) is 30.4 Å². The summed E-state index contributed by atoms with van der Waals surface area (Å²) in [7, 11) is 0. The van der Waals surface area contributed by atoms with Gasteiger partial charge < -0.3 is 14.6 Å². The molecular weight excluding hydrogens is 300 g/mol. The number of aliphatic carboxylic acids is 1. The maximum atomic E-state index is 10.9. The highest BCUT2D eigenvalue weighted by Crippen LogP contribution is 2.29. The molecule has 0 saturated carbocycles. The first-order chi connectivity index (χ1) is 10.7. The third kappa shape index (κ3) is 3.74. The van der Waals surface area contributed by atoms with E-state index in [1.165, 1.54) is 11.3 Å². The van der Waals surface area contributed by atoms with Crippen molar-refractivity contribution in [2.75, 3.05) is 13.2 Å². The number of rotatable bonds is 6. The molecule has 1 fully saturated rings. The largest absolute Gasteiger partial charge is 0.481 e. The molecular formula is C17H18O4S. The van der Waals surface area contributed by atoms with E-state index in [4.69, 9.17) is 14.6 Å². The monoisotopic (exact) mass is 318 g/mol. The fraction of sp³-hybridized carbons (Fsp3) is 0.353. The lowest BCUT2D eigenvalue weighted by molar-refractivity contribution is -0.136. The molecule has 0 spiro atoms. The molecule has 2 aromatic rings. The van der Waals surface area contributed by atoms with Crippen molar-refractivity contribution in [3.63, 3.8) is 0 Å². The van der Waals surface area contributed by atoms with Crippen LogP contribution in [0.1, 0.15) is 16.9 Å². The molecule has 1 aliphatic rings. The number of carboxylic acid groups (broad SMARTS) is 1. The number of carbonyl (C=O) groups is 1. The molecule has 1 aromatic carbocycles. The molecule has 1 saturated heterocycles. The van der Waals surface area contributed by atoms with E-state index in [1.807, 2.05) is 29.6 Å². The molecule has 5 heteroatoms. The molecule has 0 bridgehead atoms. The van der Waals surface area contributed by atoms with Crippen molar-refractivity contribution in [1.29, 1.82) is 0 Å². The Labute approximate surface area is 133 Å². The zero-order valence-electron chi connectivity index (χ0n) is 12.2. The van der Waals surface area contributed by atoms with Crippen molar-refractivity contribution in [2.45, 2.75) is 25.6 Å². The van der Waals surface area contributed by atoms with Gasteiger partial charge in [-0.3, -0.25) is 4.79 Å². The highest BCUT2D eigenvalue weighted by molar-refractivity contribution is 7.10. The van der Waals surface area contributed by atoms with Crippen LogP contribution >= 0.6 is 11.3 Å². The van der Waals surface area contributed by atoms with Gasteiger partial charge in [-0.2, -0.15) is 0 Å². The zero-order chi connectivity index (χ0) is 15.4. The lowest BCUT2D eigenvalue weighted by Crippen LogP contribution is -2.11. The summed E-state index contributed by atoms with van der Waals surface area (Å²) in [6, 6.07) is 10.1. The van der Waals surface area contributed by atoms with Crippen LogP contribution in [0.2, 0.25) is 0 Å². The van der Waals surface area contributed by atoms with Crippen molar-refractivity contribution in [3.05, 3.63) is 46.2 Å². The summed E-state index contributed by atoms with van der Waals surface area (Å²) in [5, 5.41) is 10.9. The Bertz CT molecular complexity index is 644. The van der Waals surface area contributed by atoms with Gasteiger partial charge >= 0.3 is 5.97 Å². The minimum atomic E-state index is -0.801. The van der Waals surface area contributed by atoms with Gasteiger partial charge in [-0.25, -0.2) is 0 Å². The van der Waals surface area contributed by atoms with Gasteiger partial charge in [-0.05, 0) is 40.6 Å². The first-order valence-electron chi connectivity index (χ1n) is 7.29. The predicted octanol–water partition coefficient (Wildman–Crippen LogP) is 3.35. The molecule has 0 aliphatic carbocycles. The second-order valence-corrected chi connectivity index (χ2v) is 6.33. The molecule has 2 heterocycles. The second-order valence-electron chi connectivity index (χ2n) is 5.32. The molecule has 0 radical (unpaired) electrons. The van der Waals surface area contributed by atoms with Gasteiger partial charge in [0.15, 0.2) is 0 Å². The number of thiophene rings is 1. The van der Waals surface area contributed by atoms with Gasteiger partial charge in [0.25, 0.3) is 0 Å². The topological polar surface area (TPSA) is 55.8 Å². The molecule has 0 amide bonds. The molecule has 116 valence electrons. The van der Waals surface area contributed by atoms with Crippen LogP contribution in [0.4, 0.5) is 0 Å². The summed E-state index contributed by atoms with van der Waals surface area (Å²) >= 11 is 1.48. The van der Waals surface area contributed by atoms with Crippen LogP contribution in [0.5, 0.6) is 0 Å². The molecule has 4 nitrogen and oxygen atoms in total. The molecule has 22 heavy (non-hydrogen) atoms. The van der Waals surface area contributed by atoms with Crippen molar-refractivity contribution in [3.8, 4) is 11.1 Å². The number of carboxylic acids is 1. The highest BCUT2D eigenvalue weighted by Gasteiger charge is 2.16. The van der Waals surface area contributed by atoms with E-state index in [0.29, 0.717) is 13.2 Å². The standard InChI is InChI=1S/C17H18O4S/c18-17(19)9-16-15(5-7-22-16)13-3-1-2-12(8-13)10-21-14-4-6-20-11-14/h1-3,5,7-8,14H,4,6,9-11H2,(H,18,19). The summed E-state index contributed by atoms with van der Waals surface area (Å²) in [4.78, 5) is 11.8. The molecule has 1 aromatic heterocycles. The zero-order valence-corrected chi connectivity index (χ0v) is 13.0. The smallest absolute Gasteiger partial charge is 0.308 e. The predicted molar refractivity (Wildman–Crippen MR) is 85.1 cm³/mol. The fourth-order valence-corrected chi connectivity index (χ4v) is 3.45. The number of hydrogen-bond donors (Lipinski definition) is 1. The lowest BCUT2D eigenvalue weighted by atomic mass is 10.0. The van der Waals surface area contributed by atoms with Gasteiger partial charge in [0.1, 0.15) is 0 Å². The first-order valence-corrected chi connectivity index (χ1v) is 8.17. The van der Waals surface area contributed by atoms with Gasteiger partial charge in [-0.1, -0.05) is 18.2 Å². The third-order valence-electron chi connectivity index (χ3n) is 3.67. The molecule has 1 atom stereocenters. The fourth-order valence-electron chi connectivity index (χ4n) is 2.56. The Morgan fingerprint density at radius 1 is 1.41 bits per heavy atom. The third-order valence-corrected chi connectivity index (χ3v) is 4.59. The number of hydrogen-bond acceptors (Lipinski definition) is 4. The second kappa shape index (κ2) is 7.05. The van der Waals surface area contributed by atoms with Gasteiger partial charge in [0.05, 0.1) is 25.7 Å². The lowest BCUT2D eigenvalue weighted by Gasteiger charge is -2.11. The Kier molecular flexibility index (Phi) is 4.87. The average Bonchev–Trinajstić information content (AvgIpc) is 3.16. The SMILES string of the molecule is O=C(O)Cc1sccc1-c1cccc(COC2CCOC2)c1. The van der Waals surface area contributed by atoms with Crippen LogP contribution in [0.15, 0.2) is 35.7 Å². The average molecular weight is 318 g/mol. The van der Waals surface area contributed by atoms with Crippen LogP contribution in [0.3, 0.4) is 0 Å². The van der Waals surface area contributed by atoms with Crippen LogP contribution in [0.25, 0.3) is 11.1 Å². The molecule has 1 unspecified atom stereocenters. The van der Waals surface area contributed by atoms with E-state index in [0.717, 1.165) is 34.6 Å². The highest BCUT2D eigenvalue weighted by atomic mass is 32.1. The van der Waals surface area contributed by atoms with Gasteiger partial charge in [-0.15, -0.1) is 11.3 Å². The van der Waals surface area contributed by atoms with Crippen molar-refractivity contribution < 1.29 is 19.4 Å². The summed E-state index contributed by atoms with van der Waals surface area (Å²) in [5.74, 6) is -0.801. The maximum absolute atomic E-state index is 10.9. The number of ether oxygens (including phenoxy) is 2. The van der Waals surface area contributed by atoms with Crippen LogP contribution < -0.4 is 0 Å². The van der Waals surface area contributed by atoms with E-state index in [9.17, 15) is 4.79 Å². The Hall–Kier alpha value is -1.69. The van der Waals surface area contributed by atoms with Crippen molar-refractivity contribution in [1.82, 2.24) is 0 Å². The summed E-state index contributed by atoms with van der Waals surface area (Å²) in [6.45, 7) is 2.01.